The van der Waals surface area contributed by atoms with E-state index in [2.05, 4.69) is 4.72 Å². The molecule has 130 valence electrons. The van der Waals surface area contributed by atoms with Crippen molar-refractivity contribution in [1.82, 2.24) is 4.57 Å². The Bertz CT molecular complexity index is 1110. The third kappa shape index (κ3) is 3.41. The van der Waals surface area contributed by atoms with E-state index >= 15 is 0 Å². The average molecular weight is 361 g/mol. The van der Waals surface area contributed by atoms with Gasteiger partial charge in [-0.3, -0.25) is 9.29 Å². The summed E-state index contributed by atoms with van der Waals surface area (Å²) in [4.78, 5) is 22.0. The molecule has 8 nitrogen and oxygen atoms in total. The Hall–Kier alpha value is -3.07. The fraction of sp³-hybridized carbons (Fsp3) is 0.125. The average Bonchev–Trinajstić information content (AvgIpc) is 2.83. The molecule has 1 heterocycles. The standard InChI is InChI=1S/C16H14N2O6S/c1-18-13-7-6-12(9-14(13)24-16(18)21)25(22,23)17-11-4-2-10(3-5-11)8-15(19)20/h2-7,9,17H,8H2,1H3,(H,19,20)/p-1. The van der Waals surface area contributed by atoms with Crippen molar-refractivity contribution in [3.63, 3.8) is 0 Å². The molecule has 0 amide bonds. The zero-order valence-electron chi connectivity index (χ0n) is 13.1. The lowest BCUT2D eigenvalue weighted by Crippen LogP contribution is -2.24. The van der Waals surface area contributed by atoms with Gasteiger partial charge in [0.2, 0.25) is 0 Å². The van der Waals surface area contributed by atoms with Crippen LogP contribution in [0.2, 0.25) is 0 Å². The predicted octanol–water partition coefficient (Wildman–Crippen LogP) is 0.225. The Morgan fingerprint density at radius 2 is 1.88 bits per heavy atom. The summed E-state index contributed by atoms with van der Waals surface area (Å²) in [5.41, 5.74) is 1.42. The van der Waals surface area contributed by atoms with Crippen LogP contribution in [0.25, 0.3) is 11.1 Å². The second-order valence-corrected chi connectivity index (χ2v) is 7.09. The van der Waals surface area contributed by atoms with Crippen LogP contribution in [0.3, 0.4) is 0 Å². The van der Waals surface area contributed by atoms with Crippen LogP contribution in [0, 0.1) is 0 Å². The molecule has 0 aliphatic rings. The minimum Gasteiger partial charge on any atom is -0.550 e. The van der Waals surface area contributed by atoms with E-state index in [1.54, 1.807) is 0 Å². The first kappa shape index (κ1) is 16.8. The SMILES string of the molecule is Cn1c(=O)oc2cc(S(=O)(=O)Nc3ccc(CC(=O)[O-])cc3)ccc21. The maximum absolute atomic E-state index is 12.5. The minimum absolute atomic E-state index is 0.0619. The monoisotopic (exact) mass is 361 g/mol. The van der Waals surface area contributed by atoms with Crippen LogP contribution in [0.15, 0.2) is 56.6 Å². The third-order valence-corrected chi connectivity index (χ3v) is 5.01. The summed E-state index contributed by atoms with van der Waals surface area (Å²) in [6, 6.07) is 10.0. The van der Waals surface area contributed by atoms with Crippen molar-refractivity contribution in [3.8, 4) is 0 Å². The first-order valence-corrected chi connectivity index (χ1v) is 8.66. The summed E-state index contributed by atoms with van der Waals surface area (Å²) in [6.07, 6.45) is -0.253. The molecule has 2 aromatic carbocycles. The number of anilines is 1. The van der Waals surface area contributed by atoms with Crippen LogP contribution in [-0.2, 0) is 28.3 Å². The number of nitrogens with zero attached hydrogens (tertiary/aromatic N) is 1. The summed E-state index contributed by atoms with van der Waals surface area (Å²) in [6.45, 7) is 0. The van der Waals surface area contributed by atoms with E-state index in [1.165, 1.54) is 54.1 Å². The number of hydrogen-bond acceptors (Lipinski definition) is 6. The van der Waals surface area contributed by atoms with Crippen LogP contribution in [0.4, 0.5) is 5.69 Å². The van der Waals surface area contributed by atoms with Crippen molar-refractivity contribution in [2.45, 2.75) is 11.3 Å². The highest BCUT2D eigenvalue weighted by atomic mass is 32.2. The molecular weight excluding hydrogens is 348 g/mol. The molecule has 3 rings (SSSR count). The molecule has 1 aromatic heterocycles. The number of aromatic nitrogens is 1. The number of oxazole rings is 1. The first-order valence-electron chi connectivity index (χ1n) is 7.17. The highest BCUT2D eigenvalue weighted by molar-refractivity contribution is 7.92. The molecule has 0 saturated carbocycles. The maximum Gasteiger partial charge on any atom is 0.419 e. The van der Waals surface area contributed by atoms with Crippen molar-refractivity contribution >= 4 is 32.8 Å². The van der Waals surface area contributed by atoms with Gasteiger partial charge < -0.3 is 14.3 Å². The van der Waals surface area contributed by atoms with Gasteiger partial charge in [0.25, 0.3) is 10.0 Å². The molecule has 25 heavy (non-hydrogen) atoms. The second kappa shape index (κ2) is 6.10. The highest BCUT2D eigenvalue weighted by Gasteiger charge is 2.17. The van der Waals surface area contributed by atoms with Gasteiger partial charge in [0.05, 0.1) is 10.4 Å². The molecule has 3 aromatic rings. The zero-order chi connectivity index (χ0) is 18.2. The van der Waals surface area contributed by atoms with Gasteiger partial charge in [0, 0.05) is 31.2 Å². The molecule has 0 atom stereocenters. The van der Waals surface area contributed by atoms with Gasteiger partial charge in [-0.1, -0.05) is 12.1 Å². The highest BCUT2D eigenvalue weighted by Crippen LogP contribution is 2.21. The molecule has 0 bridgehead atoms. The molecule has 0 aliphatic carbocycles. The number of aryl methyl sites for hydroxylation is 1. The lowest BCUT2D eigenvalue weighted by molar-refractivity contribution is -0.304. The Labute approximate surface area is 142 Å². The van der Waals surface area contributed by atoms with Crippen molar-refractivity contribution < 1.29 is 22.7 Å². The number of sulfonamides is 1. The van der Waals surface area contributed by atoms with Crippen molar-refractivity contribution in [2.75, 3.05) is 4.72 Å². The Balaban J connectivity index is 1.88. The van der Waals surface area contributed by atoms with E-state index in [9.17, 15) is 23.1 Å². The summed E-state index contributed by atoms with van der Waals surface area (Å²) in [5, 5.41) is 10.5. The largest absolute Gasteiger partial charge is 0.550 e. The first-order chi connectivity index (χ1) is 11.8. The lowest BCUT2D eigenvalue weighted by atomic mass is 10.1. The van der Waals surface area contributed by atoms with Crippen LogP contribution in [-0.4, -0.2) is 19.0 Å². The molecule has 0 aliphatic heterocycles. The summed E-state index contributed by atoms with van der Waals surface area (Å²) >= 11 is 0. The molecular formula is C16H13N2O6S-. The fourth-order valence-corrected chi connectivity index (χ4v) is 3.43. The number of fused-ring (bicyclic) bond motifs is 1. The van der Waals surface area contributed by atoms with Crippen LogP contribution < -0.4 is 15.6 Å². The van der Waals surface area contributed by atoms with Gasteiger partial charge in [-0.2, -0.15) is 0 Å². The van der Waals surface area contributed by atoms with E-state index in [4.69, 9.17) is 4.42 Å². The zero-order valence-corrected chi connectivity index (χ0v) is 13.9. The van der Waals surface area contributed by atoms with Gasteiger partial charge in [0.1, 0.15) is 0 Å². The van der Waals surface area contributed by atoms with Crippen molar-refractivity contribution in [3.05, 3.63) is 58.6 Å². The van der Waals surface area contributed by atoms with Gasteiger partial charge in [-0.25, -0.2) is 13.2 Å². The van der Waals surface area contributed by atoms with Crippen LogP contribution in [0.5, 0.6) is 0 Å². The van der Waals surface area contributed by atoms with E-state index < -0.39 is 21.7 Å². The van der Waals surface area contributed by atoms with Crippen LogP contribution >= 0.6 is 0 Å². The Morgan fingerprint density at radius 3 is 2.52 bits per heavy atom. The molecule has 0 unspecified atom stereocenters. The summed E-state index contributed by atoms with van der Waals surface area (Å²) in [5.74, 6) is -1.80. The minimum atomic E-state index is -3.89. The third-order valence-electron chi connectivity index (χ3n) is 3.63. The number of carboxylic acids is 1. The number of carboxylic acid groups (broad SMARTS) is 1. The number of aliphatic carboxylic acids is 1. The summed E-state index contributed by atoms with van der Waals surface area (Å²) in [7, 11) is -2.37. The normalized spacial score (nSPS) is 11.6. The lowest BCUT2D eigenvalue weighted by Gasteiger charge is -2.09. The number of benzene rings is 2. The number of carbonyl (C=O) groups is 1. The van der Waals surface area contributed by atoms with Gasteiger partial charge >= 0.3 is 5.76 Å². The topological polar surface area (TPSA) is 121 Å². The van der Waals surface area contributed by atoms with Crippen LogP contribution in [0.1, 0.15) is 5.56 Å². The van der Waals surface area contributed by atoms with Gasteiger partial charge in [-0.15, -0.1) is 0 Å². The van der Waals surface area contributed by atoms with Gasteiger partial charge in [-0.05, 0) is 29.8 Å². The van der Waals surface area contributed by atoms with E-state index in [-0.39, 0.29) is 22.6 Å². The molecule has 0 radical (unpaired) electrons. The van der Waals surface area contributed by atoms with Crippen molar-refractivity contribution in [1.29, 1.82) is 0 Å². The molecule has 0 saturated heterocycles. The summed E-state index contributed by atoms with van der Waals surface area (Å²) < 4.78 is 33.6. The Kier molecular flexibility index (Phi) is 4.09. The number of hydrogen-bond donors (Lipinski definition) is 1. The Morgan fingerprint density at radius 1 is 1.20 bits per heavy atom. The second-order valence-electron chi connectivity index (χ2n) is 5.41. The predicted molar refractivity (Wildman–Crippen MR) is 87.4 cm³/mol. The number of rotatable bonds is 5. The van der Waals surface area contributed by atoms with Crippen molar-refractivity contribution in [2.24, 2.45) is 7.05 Å². The van der Waals surface area contributed by atoms with Gasteiger partial charge in [0.15, 0.2) is 5.58 Å². The van der Waals surface area contributed by atoms with E-state index in [0.717, 1.165) is 0 Å². The number of nitrogens with one attached hydrogen (secondary N) is 1. The molecule has 0 fully saturated rings. The maximum atomic E-state index is 12.5. The number of carbonyl (C=O) groups excluding carboxylic acids is 1. The molecule has 1 N–H and O–H groups in total. The molecule has 9 heteroatoms. The molecule has 0 spiro atoms. The van der Waals surface area contributed by atoms with E-state index in [1.807, 2.05) is 0 Å². The fourth-order valence-electron chi connectivity index (χ4n) is 2.35. The smallest absolute Gasteiger partial charge is 0.419 e. The van der Waals surface area contributed by atoms with E-state index in [0.29, 0.717) is 11.1 Å². The quantitative estimate of drug-likeness (QED) is 0.694.